The minimum Gasteiger partial charge on any atom is -0.497 e. The Balaban J connectivity index is 2.15. The van der Waals surface area contributed by atoms with Gasteiger partial charge in [-0.1, -0.05) is 0 Å². The lowest BCUT2D eigenvalue weighted by molar-refractivity contribution is -0.148. The van der Waals surface area contributed by atoms with Gasteiger partial charge in [0, 0.05) is 5.69 Å². The van der Waals surface area contributed by atoms with Gasteiger partial charge in [-0.25, -0.2) is 4.79 Å². The van der Waals surface area contributed by atoms with Crippen LogP contribution in [0.15, 0.2) is 24.3 Å². The first-order chi connectivity index (χ1) is 12.3. The van der Waals surface area contributed by atoms with E-state index in [9.17, 15) is 9.59 Å². The zero-order valence-corrected chi connectivity index (χ0v) is 15.7. The largest absolute Gasteiger partial charge is 0.497 e. The molecule has 1 aliphatic heterocycles. The van der Waals surface area contributed by atoms with Crippen LogP contribution in [-0.2, 0) is 23.8 Å². The zero-order valence-electron chi connectivity index (χ0n) is 15.7. The number of amides is 1. The van der Waals surface area contributed by atoms with Crippen molar-refractivity contribution in [3.8, 4) is 5.75 Å². The molecule has 0 bridgehead atoms. The Labute approximate surface area is 153 Å². The van der Waals surface area contributed by atoms with E-state index in [0.29, 0.717) is 11.4 Å². The highest BCUT2D eigenvalue weighted by Crippen LogP contribution is 2.26. The van der Waals surface area contributed by atoms with Crippen LogP contribution in [0.25, 0.3) is 0 Å². The molecule has 1 heterocycles. The molecule has 2 rings (SSSR count). The third-order valence-electron chi connectivity index (χ3n) is 4.01. The standard InChI is InChI=1S/C18H26N2O6/c1-11(17(22)24-5)19-16(21)15(14-10-25-18(2,3)26-14)20-12-6-8-13(23-4)9-7-12/h6-9,11,14-15,20H,10H2,1-5H3,(H,19,21)/t11-,14+,15-/m0/s1. The molecule has 1 saturated heterocycles. The van der Waals surface area contributed by atoms with Crippen molar-refractivity contribution in [3.63, 3.8) is 0 Å². The van der Waals surface area contributed by atoms with Crippen molar-refractivity contribution in [1.82, 2.24) is 5.32 Å². The first-order valence-electron chi connectivity index (χ1n) is 8.36. The zero-order chi connectivity index (χ0) is 19.3. The summed E-state index contributed by atoms with van der Waals surface area (Å²) in [6.07, 6.45) is -0.517. The molecular weight excluding hydrogens is 340 g/mol. The molecule has 2 N–H and O–H groups in total. The fraction of sp³-hybridized carbons (Fsp3) is 0.556. The van der Waals surface area contributed by atoms with Crippen LogP contribution < -0.4 is 15.4 Å². The smallest absolute Gasteiger partial charge is 0.328 e. The third kappa shape index (κ3) is 5.09. The second kappa shape index (κ2) is 8.37. The number of esters is 1. The summed E-state index contributed by atoms with van der Waals surface area (Å²) >= 11 is 0. The first kappa shape index (κ1) is 20.0. The van der Waals surface area contributed by atoms with Crippen LogP contribution in [0.4, 0.5) is 5.69 Å². The normalized spacial score (nSPS) is 20.7. The van der Waals surface area contributed by atoms with E-state index in [0.717, 1.165) is 0 Å². The van der Waals surface area contributed by atoms with Crippen LogP contribution >= 0.6 is 0 Å². The van der Waals surface area contributed by atoms with Crippen LogP contribution in [0.2, 0.25) is 0 Å². The summed E-state index contributed by atoms with van der Waals surface area (Å²) in [6, 6.07) is 5.63. The first-order valence-corrected chi connectivity index (χ1v) is 8.36. The average Bonchev–Trinajstić information content (AvgIpc) is 2.98. The van der Waals surface area contributed by atoms with Crippen molar-refractivity contribution in [2.75, 3.05) is 26.1 Å². The van der Waals surface area contributed by atoms with Gasteiger partial charge in [0.1, 0.15) is 23.9 Å². The van der Waals surface area contributed by atoms with Gasteiger partial charge in [0.05, 0.1) is 20.8 Å². The second-order valence-electron chi connectivity index (χ2n) is 6.47. The Morgan fingerprint density at radius 3 is 2.38 bits per heavy atom. The minimum atomic E-state index is -0.779. The second-order valence-corrected chi connectivity index (χ2v) is 6.47. The molecule has 1 amide bonds. The average molecular weight is 366 g/mol. The molecule has 8 nitrogen and oxygen atoms in total. The number of hydrogen-bond donors (Lipinski definition) is 2. The molecule has 26 heavy (non-hydrogen) atoms. The highest BCUT2D eigenvalue weighted by Gasteiger charge is 2.41. The molecule has 0 radical (unpaired) electrons. The van der Waals surface area contributed by atoms with E-state index >= 15 is 0 Å². The Bertz CT molecular complexity index is 631. The van der Waals surface area contributed by atoms with Gasteiger partial charge < -0.3 is 29.6 Å². The molecule has 1 aromatic carbocycles. The van der Waals surface area contributed by atoms with Crippen molar-refractivity contribution in [2.45, 2.75) is 44.7 Å². The van der Waals surface area contributed by atoms with Crippen molar-refractivity contribution >= 4 is 17.6 Å². The predicted octanol–water partition coefficient (Wildman–Crippen LogP) is 1.30. The number of anilines is 1. The maximum absolute atomic E-state index is 12.8. The summed E-state index contributed by atoms with van der Waals surface area (Å²) in [5, 5.41) is 5.79. The number of nitrogens with one attached hydrogen (secondary N) is 2. The van der Waals surface area contributed by atoms with E-state index in [-0.39, 0.29) is 12.5 Å². The SMILES string of the molecule is COC(=O)[C@H](C)NC(=O)[C@@H](Nc1ccc(OC)cc1)[C@H]1COC(C)(C)O1. The fourth-order valence-corrected chi connectivity index (χ4v) is 2.61. The fourth-order valence-electron chi connectivity index (χ4n) is 2.61. The third-order valence-corrected chi connectivity index (χ3v) is 4.01. The number of rotatable bonds is 7. The van der Waals surface area contributed by atoms with Crippen molar-refractivity contribution < 1.29 is 28.5 Å². The molecule has 8 heteroatoms. The molecule has 1 aliphatic rings. The van der Waals surface area contributed by atoms with Crippen LogP contribution in [0.5, 0.6) is 5.75 Å². The van der Waals surface area contributed by atoms with Gasteiger partial charge in [-0.15, -0.1) is 0 Å². The number of carbonyl (C=O) groups excluding carboxylic acids is 2. The van der Waals surface area contributed by atoms with Crippen molar-refractivity contribution in [3.05, 3.63) is 24.3 Å². The molecule has 0 unspecified atom stereocenters. The Morgan fingerprint density at radius 1 is 1.23 bits per heavy atom. The molecule has 0 saturated carbocycles. The molecule has 1 fully saturated rings. The molecule has 3 atom stereocenters. The van der Waals surface area contributed by atoms with E-state index in [1.807, 2.05) is 0 Å². The Morgan fingerprint density at radius 2 is 1.88 bits per heavy atom. The van der Waals surface area contributed by atoms with Gasteiger partial charge in [0.2, 0.25) is 5.91 Å². The highest BCUT2D eigenvalue weighted by atomic mass is 16.7. The topological polar surface area (TPSA) is 95.1 Å². The summed E-state index contributed by atoms with van der Waals surface area (Å²) in [7, 11) is 2.85. The molecule has 0 aromatic heterocycles. The van der Waals surface area contributed by atoms with E-state index < -0.39 is 29.9 Å². The molecular formula is C18H26N2O6. The number of ether oxygens (including phenoxy) is 4. The highest BCUT2D eigenvalue weighted by molar-refractivity contribution is 5.89. The lowest BCUT2D eigenvalue weighted by Gasteiger charge is -2.26. The van der Waals surface area contributed by atoms with E-state index in [2.05, 4.69) is 15.4 Å². The van der Waals surface area contributed by atoms with Crippen molar-refractivity contribution in [1.29, 1.82) is 0 Å². The minimum absolute atomic E-state index is 0.251. The van der Waals surface area contributed by atoms with E-state index in [4.69, 9.17) is 14.2 Å². The molecule has 1 aromatic rings. The number of hydrogen-bond acceptors (Lipinski definition) is 7. The van der Waals surface area contributed by atoms with Crippen LogP contribution in [0.1, 0.15) is 20.8 Å². The lowest BCUT2D eigenvalue weighted by atomic mass is 10.1. The van der Waals surface area contributed by atoms with E-state index in [1.54, 1.807) is 52.1 Å². The van der Waals surface area contributed by atoms with Crippen LogP contribution in [0.3, 0.4) is 0 Å². The van der Waals surface area contributed by atoms with Crippen LogP contribution in [-0.4, -0.2) is 56.7 Å². The predicted molar refractivity (Wildman–Crippen MR) is 94.9 cm³/mol. The maximum atomic E-state index is 12.8. The summed E-state index contributed by atoms with van der Waals surface area (Å²) in [5.74, 6) is -0.980. The lowest BCUT2D eigenvalue weighted by Crippen LogP contribution is -2.52. The van der Waals surface area contributed by atoms with E-state index in [1.165, 1.54) is 7.11 Å². The number of carbonyl (C=O) groups is 2. The van der Waals surface area contributed by atoms with Gasteiger partial charge in [0.25, 0.3) is 0 Å². The van der Waals surface area contributed by atoms with Crippen molar-refractivity contribution in [2.24, 2.45) is 0 Å². The number of benzene rings is 1. The van der Waals surface area contributed by atoms with Gasteiger partial charge in [0.15, 0.2) is 5.79 Å². The monoisotopic (exact) mass is 366 g/mol. The van der Waals surface area contributed by atoms with Gasteiger partial charge >= 0.3 is 5.97 Å². The summed E-state index contributed by atoms with van der Waals surface area (Å²) in [5.41, 5.74) is 0.713. The molecule has 144 valence electrons. The molecule has 0 spiro atoms. The summed E-state index contributed by atoms with van der Waals surface area (Å²) in [4.78, 5) is 24.4. The van der Waals surface area contributed by atoms with Gasteiger partial charge in [-0.3, -0.25) is 4.79 Å². The van der Waals surface area contributed by atoms with Gasteiger partial charge in [-0.05, 0) is 45.0 Å². The quantitative estimate of drug-likeness (QED) is 0.703. The Kier molecular flexibility index (Phi) is 6.44. The number of methoxy groups -OCH3 is 2. The van der Waals surface area contributed by atoms with Gasteiger partial charge in [-0.2, -0.15) is 0 Å². The van der Waals surface area contributed by atoms with Crippen LogP contribution in [0, 0.1) is 0 Å². The molecule has 0 aliphatic carbocycles. The summed E-state index contributed by atoms with van der Waals surface area (Å²) in [6.45, 7) is 5.38. The maximum Gasteiger partial charge on any atom is 0.328 e. The Hall–Kier alpha value is -2.32. The summed E-state index contributed by atoms with van der Waals surface area (Å²) < 4.78 is 21.2.